The van der Waals surface area contributed by atoms with Gasteiger partial charge >= 0.3 is 0 Å². The van der Waals surface area contributed by atoms with Gasteiger partial charge in [-0.25, -0.2) is 8.42 Å². The summed E-state index contributed by atoms with van der Waals surface area (Å²) in [4.78, 5) is 0.267. The molecule has 0 aliphatic carbocycles. The Morgan fingerprint density at radius 2 is 2.05 bits per heavy atom. The summed E-state index contributed by atoms with van der Waals surface area (Å²) in [6, 6.07) is 1.59. The molecule has 0 fully saturated rings. The molecular weight excluding hydrogens is 264 g/mol. The zero-order valence-electron chi connectivity index (χ0n) is 12.4. The normalized spacial score (nSPS) is 14.0. The van der Waals surface area contributed by atoms with Crippen LogP contribution in [0.25, 0.3) is 0 Å². The lowest BCUT2D eigenvalue weighted by Crippen LogP contribution is -2.34. The molecule has 1 heterocycles. The monoisotopic (exact) mass is 288 g/mol. The van der Waals surface area contributed by atoms with Crippen molar-refractivity contribution in [2.45, 2.75) is 51.6 Å². The molecular formula is C13H24N2O3S. The Labute approximate surface area is 116 Å². The third-order valence-electron chi connectivity index (χ3n) is 3.34. The fourth-order valence-corrected chi connectivity index (χ4v) is 3.38. The van der Waals surface area contributed by atoms with Gasteiger partial charge in [-0.1, -0.05) is 13.8 Å². The van der Waals surface area contributed by atoms with E-state index in [1.165, 1.54) is 4.31 Å². The van der Waals surface area contributed by atoms with Crippen molar-refractivity contribution in [3.05, 3.63) is 17.6 Å². The Morgan fingerprint density at radius 1 is 1.42 bits per heavy atom. The molecule has 5 nitrogen and oxygen atoms in total. The molecule has 1 aromatic heterocycles. The molecule has 0 radical (unpaired) electrons. The molecule has 1 aromatic rings. The van der Waals surface area contributed by atoms with Crippen LogP contribution in [0.2, 0.25) is 0 Å². The second kappa shape index (κ2) is 6.54. The minimum absolute atomic E-state index is 0.0310. The highest BCUT2D eigenvalue weighted by Gasteiger charge is 2.28. The van der Waals surface area contributed by atoms with Gasteiger partial charge in [-0.3, -0.25) is 0 Å². The Kier molecular flexibility index (Phi) is 5.58. The van der Waals surface area contributed by atoms with Crippen molar-refractivity contribution in [1.82, 2.24) is 9.62 Å². The van der Waals surface area contributed by atoms with Gasteiger partial charge in [0.2, 0.25) is 10.0 Å². The van der Waals surface area contributed by atoms with Gasteiger partial charge in [0.25, 0.3) is 0 Å². The number of nitrogens with one attached hydrogen (secondary N) is 1. The molecule has 0 aromatic carbocycles. The fourth-order valence-electron chi connectivity index (χ4n) is 1.76. The van der Waals surface area contributed by atoms with E-state index in [1.54, 1.807) is 20.0 Å². The predicted octanol–water partition coefficient (Wildman–Crippen LogP) is 2.12. The first-order valence-corrected chi connectivity index (χ1v) is 8.06. The van der Waals surface area contributed by atoms with E-state index in [1.807, 2.05) is 20.8 Å². The third kappa shape index (κ3) is 3.58. The molecule has 1 rings (SSSR count). The summed E-state index contributed by atoms with van der Waals surface area (Å²) in [7, 11) is -1.86. The minimum atomic E-state index is -3.47. The van der Waals surface area contributed by atoms with Gasteiger partial charge < -0.3 is 9.73 Å². The first-order chi connectivity index (χ1) is 8.84. The largest absolute Gasteiger partial charge is 0.464 e. The summed E-state index contributed by atoms with van der Waals surface area (Å²) in [5.41, 5.74) is 0. The number of furan rings is 1. The summed E-state index contributed by atoms with van der Waals surface area (Å²) in [6.07, 6.45) is 0.775. The highest BCUT2D eigenvalue weighted by atomic mass is 32.2. The zero-order valence-corrected chi connectivity index (χ0v) is 13.2. The molecule has 1 N–H and O–H groups in total. The first-order valence-electron chi connectivity index (χ1n) is 6.62. The quantitative estimate of drug-likeness (QED) is 0.835. The van der Waals surface area contributed by atoms with Crippen LogP contribution in [0.4, 0.5) is 0 Å². The molecule has 1 unspecified atom stereocenters. The molecule has 19 heavy (non-hydrogen) atoms. The van der Waals surface area contributed by atoms with Crippen LogP contribution >= 0.6 is 0 Å². The van der Waals surface area contributed by atoms with E-state index in [4.69, 9.17) is 4.42 Å². The summed E-state index contributed by atoms with van der Waals surface area (Å²) < 4.78 is 31.9. The zero-order chi connectivity index (χ0) is 14.6. The van der Waals surface area contributed by atoms with E-state index in [-0.39, 0.29) is 10.9 Å². The Morgan fingerprint density at radius 3 is 2.58 bits per heavy atom. The van der Waals surface area contributed by atoms with Crippen LogP contribution in [0.15, 0.2) is 15.4 Å². The standard InChI is InChI=1S/C13H24N2O3S/c1-6-10(3)15(5)19(16,17)13-8-12(9-14-7-2)18-11(13)4/h8,10,14H,6-7,9H2,1-5H3. The van der Waals surface area contributed by atoms with Crippen molar-refractivity contribution < 1.29 is 12.8 Å². The Bertz CT molecular complexity index is 508. The fraction of sp³-hybridized carbons (Fsp3) is 0.692. The molecule has 0 aliphatic heterocycles. The molecule has 6 heteroatoms. The van der Waals surface area contributed by atoms with Gasteiger partial charge in [0.15, 0.2) is 0 Å². The number of hydrogen-bond donors (Lipinski definition) is 1. The lowest BCUT2D eigenvalue weighted by molar-refractivity contribution is 0.379. The predicted molar refractivity (Wildman–Crippen MR) is 75.5 cm³/mol. The van der Waals surface area contributed by atoms with Crippen LogP contribution in [-0.2, 0) is 16.6 Å². The molecule has 1 atom stereocenters. The number of hydrogen-bond acceptors (Lipinski definition) is 4. The summed E-state index contributed by atoms with van der Waals surface area (Å²) >= 11 is 0. The SMILES string of the molecule is CCNCc1cc(S(=O)(=O)N(C)C(C)CC)c(C)o1. The summed E-state index contributed by atoms with van der Waals surface area (Å²) in [5.74, 6) is 1.10. The maximum absolute atomic E-state index is 12.5. The lowest BCUT2D eigenvalue weighted by atomic mass is 10.3. The van der Waals surface area contributed by atoms with Gasteiger partial charge in [-0.15, -0.1) is 0 Å². The van der Waals surface area contributed by atoms with E-state index in [0.717, 1.165) is 13.0 Å². The lowest BCUT2D eigenvalue weighted by Gasteiger charge is -2.22. The van der Waals surface area contributed by atoms with E-state index >= 15 is 0 Å². The van der Waals surface area contributed by atoms with Crippen molar-refractivity contribution in [3.63, 3.8) is 0 Å². The topological polar surface area (TPSA) is 62.6 Å². The molecule has 0 aliphatic rings. The van der Waals surface area contributed by atoms with Crippen molar-refractivity contribution in [1.29, 1.82) is 0 Å². The summed E-state index contributed by atoms with van der Waals surface area (Å²) in [5, 5.41) is 3.12. The van der Waals surface area contributed by atoms with Crippen LogP contribution in [0, 0.1) is 6.92 Å². The van der Waals surface area contributed by atoms with Crippen LogP contribution in [0.5, 0.6) is 0 Å². The van der Waals surface area contributed by atoms with Gasteiger partial charge in [0.1, 0.15) is 16.4 Å². The average molecular weight is 288 g/mol. The number of nitrogens with zero attached hydrogens (tertiary/aromatic N) is 1. The molecule has 0 bridgehead atoms. The van der Waals surface area contributed by atoms with E-state index < -0.39 is 10.0 Å². The maximum Gasteiger partial charge on any atom is 0.246 e. The molecule has 0 amide bonds. The third-order valence-corrected chi connectivity index (χ3v) is 5.42. The molecule has 0 saturated heterocycles. The van der Waals surface area contributed by atoms with E-state index in [0.29, 0.717) is 18.1 Å². The molecule has 110 valence electrons. The molecule has 0 spiro atoms. The van der Waals surface area contributed by atoms with Crippen LogP contribution in [0.3, 0.4) is 0 Å². The van der Waals surface area contributed by atoms with E-state index in [2.05, 4.69) is 5.32 Å². The van der Waals surface area contributed by atoms with Crippen LogP contribution in [-0.4, -0.2) is 32.4 Å². The Balaban J connectivity index is 3.04. The second-order valence-electron chi connectivity index (χ2n) is 4.69. The highest BCUT2D eigenvalue weighted by Crippen LogP contribution is 2.24. The number of sulfonamides is 1. The van der Waals surface area contributed by atoms with Gasteiger partial charge in [0.05, 0.1) is 6.54 Å². The average Bonchev–Trinajstić information content (AvgIpc) is 2.76. The number of aryl methyl sites for hydroxylation is 1. The van der Waals surface area contributed by atoms with Crippen LogP contribution in [0.1, 0.15) is 38.7 Å². The maximum atomic E-state index is 12.5. The molecule has 0 saturated carbocycles. The smallest absolute Gasteiger partial charge is 0.246 e. The van der Waals surface area contributed by atoms with Crippen LogP contribution < -0.4 is 5.32 Å². The van der Waals surface area contributed by atoms with Crippen molar-refractivity contribution in [2.24, 2.45) is 0 Å². The van der Waals surface area contributed by atoms with Gasteiger partial charge in [-0.2, -0.15) is 4.31 Å². The second-order valence-corrected chi connectivity index (χ2v) is 6.66. The van der Waals surface area contributed by atoms with Crippen molar-refractivity contribution in [3.8, 4) is 0 Å². The highest BCUT2D eigenvalue weighted by molar-refractivity contribution is 7.89. The first kappa shape index (κ1) is 16.2. The van der Waals surface area contributed by atoms with Crippen molar-refractivity contribution in [2.75, 3.05) is 13.6 Å². The summed E-state index contributed by atoms with van der Waals surface area (Å²) in [6.45, 7) is 8.90. The van der Waals surface area contributed by atoms with E-state index in [9.17, 15) is 8.42 Å². The Hall–Kier alpha value is -0.850. The van der Waals surface area contributed by atoms with Gasteiger partial charge in [0, 0.05) is 19.2 Å². The number of rotatable bonds is 7. The van der Waals surface area contributed by atoms with Crippen molar-refractivity contribution >= 4 is 10.0 Å². The minimum Gasteiger partial charge on any atom is -0.464 e. The van der Waals surface area contributed by atoms with Gasteiger partial charge in [-0.05, 0) is 26.8 Å².